The van der Waals surface area contributed by atoms with Gasteiger partial charge in [-0.2, -0.15) is 5.26 Å². The molecule has 0 unspecified atom stereocenters. The van der Waals surface area contributed by atoms with Gasteiger partial charge in [-0.1, -0.05) is 17.7 Å². The van der Waals surface area contributed by atoms with Crippen LogP contribution in [0.15, 0.2) is 36.4 Å². The van der Waals surface area contributed by atoms with Crippen LogP contribution in [0.3, 0.4) is 0 Å². The number of aliphatic hydroxyl groups is 1. The summed E-state index contributed by atoms with van der Waals surface area (Å²) < 4.78 is 11.4. The van der Waals surface area contributed by atoms with Crippen molar-refractivity contribution in [3.05, 3.63) is 52.5 Å². The van der Waals surface area contributed by atoms with Gasteiger partial charge in [0.1, 0.15) is 5.75 Å². The Kier molecular flexibility index (Phi) is 8.06. The predicted octanol–water partition coefficient (Wildman–Crippen LogP) is 4.71. The van der Waals surface area contributed by atoms with E-state index in [0.29, 0.717) is 28.7 Å². The average Bonchev–Trinajstić information content (AvgIpc) is 3.30. The van der Waals surface area contributed by atoms with Gasteiger partial charge in [0.15, 0.2) is 11.6 Å². The van der Waals surface area contributed by atoms with Crippen molar-refractivity contribution in [2.24, 2.45) is 0 Å². The number of hydrogen-bond donors (Lipinski definition) is 2. The van der Waals surface area contributed by atoms with Crippen LogP contribution in [0.25, 0.3) is 10.8 Å². The highest BCUT2D eigenvalue weighted by Crippen LogP contribution is 2.40. The van der Waals surface area contributed by atoms with Crippen LogP contribution in [0, 0.1) is 11.3 Å². The number of aromatic nitrogens is 2. The second-order valence-corrected chi connectivity index (χ2v) is 9.61. The highest BCUT2D eigenvalue weighted by molar-refractivity contribution is 6.32. The van der Waals surface area contributed by atoms with Crippen LogP contribution in [-0.4, -0.2) is 53.8 Å². The van der Waals surface area contributed by atoms with Gasteiger partial charge in [-0.3, -0.25) is 0 Å². The third-order valence-electron chi connectivity index (χ3n) is 7.08. The van der Waals surface area contributed by atoms with Crippen molar-refractivity contribution in [2.45, 2.75) is 43.9 Å². The van der Waals surface area contributed by atoms with Crippen LogP contribution >= 0.6 is 24.0 Å². The maximum atomic E-state index is 9.48. The van der Waals surface area contributed by atoms with Gasteiger partial charge in [0.2, 0.25) is 0 Å². The van der Waals surface area contributed by atoms with Gasteiger partial charge in [-0.25, -0.2) is 0 Å². The number of hydrogen-bond acceptors (Lipinski definition) is 8. The molecule has 0 saturated carbocycles. The smallest absolute Gasteiger partial charge is 0.159 e. The maximum absolute atomic E-state index is 9.48. The van der Waals surface area contributed by atoms with E-state index in [4.69, 9.17) is 21.1 Å². The second kappa shape index (κ2) is 11.1. The lowest BCUT2D eigenvalue weighted by atomic mass is 9.88. The van der Waals surface area contributed by atoms with Crippen LogP contribution < -0.4 is 15.0 Å². The predicted molar refractivity (Wildman–Crippen MR) is 142 cm³/mol. The molecule has 2 aliphatic rings. The van der Waals surface area contributed by atoms with Gasteiger partial charge in [0.05, 0.1) is 42.1 Å². The minimum absolute atomic E-state index is 0. The molecule has 1 spiro atoms. The van der Waals surface area contributed by atoms with Gasteiger partial charge >= 0.3 is 0 Å². The summed E-state index contributed by atoms with van der Waals surface area (Å²) >= 11 is 6.27. The molecule has 0 aliphatic carbocycles. The first-order valence-corrected chi connectivity index (χ1v) is 12.2. The van der Waals surface area contributed by atoms with E-state index in [9.17, 15) is 10.4 Å². The molecule has 0 amide bonds. The number of anilines is 2. The number of benzene rings is 2. The molecule has 2 saturated heterocycles. The number of fused-ring (bicyclic) bond motifs is 1. The van der Waals surface area contributed by atoms with Crippen LogP contribution in [0.5, 0.6) is 5.75 Å². The number of ether oxygens (including phenoxy) is 2. The first-order chi connectivity index (χ1) is 17.0. The third kappa shape index (κ3) is 5.16. The first kappa shape index (κ1) is 26.2. The van der Waals surface area contributed by atoms with Crippen LogP contribution in [0.2, 0.25) is 5.02 Å². The summed E-state index contributed by atoms with van der Waals surface area (Å²) in [5, 5.41) is 33.7. The van der Waals surface area contributed by atoms with Crippen molar-refractivity contribution >= 4 is 46.4 Å². The molecule has 8 nitrogen and oxygen atoms in total. The molecule has 1 aromatic heterocycles. The van der Waals surface area contributed by atoms with Crippen molar-refractivity contribution < 1.29 is 14.6 Å². The fourth-order valence-electron chi connectivity index (χ4n) is 5.10. The zero-order valence-corrected chi connectivity index (χ0v) is 21.6. The SMILES string of the molecule is COc1ccc(CNc2nnc(N3CCC4(CC[C@H](CO)O4)CC3)c3ccc(C#N)cc23)cc1Cl.Cl. The van der Waals surface area contributed by atoms with Crippen molar-refractivity contribution in [2.75, 3.05) is 37.0 Å². The molecule has 0 radical (unpaired) electrons. The summed E-state index contributed by atoms with van der Waals surface area (Å²) in [6, 6.07) is 13.5. The number of piperidine rings is 1. The third-order valence-corrected chi connectivity index (χ3v) is 7.38. The molecule has 2 N–H and O–H groups in total. The quantitative estimate of drug-likeness (QED) is 0.473. The van der Waals surface area contributed by atoms with Gasteiger partial charge in [-0.05, 0) is 61.6 Å². The topological polar surface area (TPSA) is 104 Å². The van der Waals surface area contributed by atoms with E-state index >= 15 is 0 Å². The van der Waals surface area contributed by atoms with E-state index in [0.717, 1.165) is 60.9 Å². The maximum Gasteiger partial charge on any atom is 0.159 e. The van der Waals surface area contributed by atoms with E-state index in [1.807, 2.05) is 36.4 Å². The lowest BCUT2D eigenvalue weighted by Crippen LogP contribution is -2.45. The molecule has 36 heavy (non-hydrogen) atoms. The number of methoxy groups -OCH3 is 1. The molecule has 10 heteroatoms. The molecular formula is C26H29Cl2N5O3. The second-order valence-electron chi connectivity index (χ2n) is 9.20. The Morgan fingerprint density at radius 3 is 2.67 bits per heavy atom. The number of aliphatic hydroxyl groups excluding tert-OH is 1. The zero-order valence-electron chi connectivity index (χ0n) is 20.0. The molecule has 0 bridgehead atoms. The van der Waals surface area contributed by atoms with Crippen molar-refractivity contribution in [1.29, 1.82) is 5.26 Å². The van der Waals surface area contributed by atoms with E-state index in [1.165, 1.54) is 0 Å². The molecule has 2 aromatic carbocycles. The minimum Gasteiger partial charge on any atom is -0.495 e. The molecule has 2 aliphatic heterocycles. The van der Waals surface area contributed by atoms with Crippen molar-refractivity contribution in [3.63, 3.8) is 0 Å². The molecule has 5 rings (SSSR count). The summed E-state index contributed by atoms with van der Waals surface area (Å²) in [6.45, 7) is 2.19. The van der Waals surface area contributed by atoms with Crippen molar-refractivity contribution in [3.8, 4) is 11.8 Å². The number of nitrogens with zero attached hydrogens (tertiary/aromatic N) is 4. The van der Waals surface area contributed by atoms with E-state index in [1.54, 1.807) is 7.11 Å². The van der Waals surface area contributed by atoms with Gasteiger partial charge in [-0.15, -0.1) is 22.6 Å². The highest BCUT2D eigenvalue weighted by atomic mass is 35.5. The Bertz CT molecular complexity index is 1270. The van der Waals surface area contributed by atoms with E-state index in [2.05, 4.69) is 26.5 Å². The standard InChI is InChI=1S/C26H28ClN5O3.ClH/c1-34-23-5-3-18(13-22(23)27)15-29-24-21-12-17(14-28)2-4-20(21)25(31-30-24)32-10-8-26(9-11-32)7-6-19(16-33)35-26;/h2-5,12-13,19,33H,6-11,15-16H2,1H3,(H,29,30);1H/t19-;/m1./s1. The number of rotatable bonds is 6. The molecule has 2 fully saturated rings. The molecular weight excluding hydrogens is 501 g/mol. The Morgan fingerprint density at radius 2 is 2.00 bits per heavy atom. The highest BCUT2D eigenvalue weighted by Gasteiger charge is 2.42. The normalized spacial score (nSPS) is 18.6. The number of nitriles is 1. The van der Waals surface area contributed by atoms with E-state index in [-0.39, 0.29) is 30.7 Å². The fourth-order valence-corrected chi connectivity index (χ4v) is 5.38. The monoisotopic (exact) mass is 529 g/mol. The van der Waals surface area contributed by atoms with Gasteiger partial charge in [0, 0.05) is 30.4 Å². The summed E-state index contributed by atoms with van der Waals surface area (Å²) in [5.41, 5.74) is 1.41. The molecule has 3 heterocycles. The molecule has 190 valence electrons. The lowest BCUT2D eigenvalue weighted by Gasteiger charge is -2.39. The summed E-state index contributed by atoms with van der Waals surface area (Å²) in [4.78, 5) is 2.25. The average molecular weight is 530 g/mol. The lowest BCUT2D eigenvalue weighted by molar-refractivity contribution is -0.0713. The van der Waals surface area contributed by atoms with Crippen molar-refractivity contribution in [1.82, 2.24) is 10.2 Å². The Morgan fingerprint density at radius 1 is 1.19 bits per heavy atom. The minimum atomic E-state index is -0.137. The summed E-state index contributed by atoms with van der Waals surface area (Å²) in [5.74, 6) is 2.06. The zero-order chi connectivity index (χ0) is 24.4. The van der Waals surface area contributed by atoms with Gasteiger partial charge in [0.25, 0.3) is 0 Å². The number of halogens is 2. The Balaban J connectivity index is 0.00000304. The summed E-state index contributed by atoms with van der Waals surface area (Å²) in [6.07, 6.45) is 3.64. The van der Waals surface area contributed by atoms with Crippen LogP contribution in [0.4, 0.5) is 11.6 Å². The Labute approximate surface area is 221 Å². The molecule has 3 aromatic rings. The van der Waals surface area contributed by atoms with Crippen LogP contribution in [-0.2, 0) is 11.3 Å². The largest absolute Gasteiger partial charge is 0.495 e. The Hall–Kier alpha value is -2.83. The van der Waals surface area contributed by atoms with E-state index < -0.39 is 0 Å². The van der Waals surface area contributed by atoms with Crippen LogP contribution in [0.1, 0.15) is 36.8 Å². The first-order valence-electron chi connectivity index (χ1n) is 11.8. The fraction of sp³-hybridized carbons (Fsp3) is 0.423. The van der Waals surface area contributed by atoms with Gasteiger partial charge < -0.3 is 24.8 Å². The molecule has 1 atom stereocenters. The number of nitrogens with one attached hydrogen (secondary N) is 1. The summed E-state index contributed by atoms with van der Waals surface area (Å²) in [7, 11) is 1.59.